The first kappa shape index (κ1) is 22.1. The molecule has 160 valence electrons. The summed E-state index contributed by atoms with van der Waals surface area (Å²) >= 11 is 0. The van der Waals surface area contributed by atoms with Gasteiger partial charge in [-0.3, -0.25) is 14.5 Å². The van der Waals surface area contributed by atoms with Gasteiger partial charge < -0.3 is 15.4 Å². The second-order valence-corrected chi connectivity index (χ2v) is 7.10. The number of para-hydroxylation sites is 1. The molecule has 6 nitrogen and oxygen atoms in total. The summed E-state index contributed by atoms with van der Waals surface area (Å²) in [4.78, 5) is 26.9. The Morgan fingerprint density at radius 3 is 2.26 bits per heavy atom. The molecule has 0 unspecified atom stereocenters. The Hall–Kier alpha value is -3.64. The van der Waals surface area contributed by atoms with Crippen molar-refractivity contribution in [1.29, 1.82) is 0 Å². The maximum atomic E-state index is 12.4. The van der Waals surface area contributed by atoms with Gasteiger partial charge >= 0.3 is 0 Å². The molecule has 0 fully saturated rings. The Kier molecular flexibility index (Phi) is 7.79. The molecule has 0 aliphatic rings. The number of carbonyl (C=O) groups is 2. The number of likely N-dealkylation sites (N-methyl/N-ethyl adjacent to an activating group) is 1. The summed E-state index contributed by atoms with van der Waals surface area (Å²) in [6.45, 7) is 3.62. The van der Waals surface area contributed by atoms with Crippen molar-refractivity contribution in [3.63, 3.8) is 0 Å². The van der Waals surface area contributed by atoms with Crippen molar-refractivity contribution in [2.45, 2.75) is 13.5 Å². The second kappa shape index (κ2) is 10.9. The monoisotopic (exact) mass is 417 g/mol. The summed E-state index contributed by atoms with van der Waals surface area (Å²) in [5, 5.41) is 5.78. The van der Waals surface area contributed by atoms with E-state index in [1.165, 1.54) is 0 Å². The molecule has 0 saturated carbocycles. The number of nitrogens with zero attached hydrogens (tertiary/aromatic N) is 1. The van der Waals surface area contributed by atoms with Crippen molar-refractivity contribution in [2.75, 3.05) is 30.8 Å². The van der Waals surface area contributed by atoms with Crippen molar-refractivity contribution in [1.82, 2.24) is 4.90 Å². The van der Waals surface area contributed by atoms with Crippen LogP contribution in [0.4, 0.5) is 11.4 Å². The van der Waals surface area contributed by atoms with Gasteiger partial charge in [-0.2, -0.15) is 0 Å². The van der Waals surface area contributed by atoms with Crippen LogP contribution in [0.5, 0.6) is 5.75 Å². The average molecular weight is 418 g/mol. The van der Waals surface area contributed by atoms with Gasteiger partial charge in [-0.05, 0) is 48.5 Å². The highest BCUT2D eigenvalue weighted by atomic mass is 16.5. The fourth-order valence-electron chi connectivity index (χ4n) is 3.13. The minimum atomic E-state index is -0.150. The van der Waals surface area contributed by atoms with Crippen molar-refractivity contribution in [2.24, 2.45) is 0 Å². The Balaban J connectivity index is 1.54. The Morgan fingerprint density at radius 1 is 0.871 bits per heavy atom. The molecule has 0 bridgehead atoms. The van der Waals surface area contributed by atoms with Crippen LogP contribution in [0.2, 0.25) is 0 Å². The molecule has 6 heteroatoms. The Labute approximate surface area is 182 Å². The Bertz CT molecular complexity index is 1000. The van der Waals surface area contributed by atoms with Crippen LogP contribution in [-0.4, -0.2) is 36.9 Å². The van der Waals surface area contributed by atoms with Crippen LogP contribution in [0.3, 0.4) is 0 Å². The van der Waals surface area contributed by atoms with E-state index in [2.05, 4.69) is 10.6 Å². The third-order valence-corrected chi connectivity index (χ3v) is 4.82. The number of hydrogen-bond donors (Lipinski definition) is 2. The molecule has 3 rings (SSSR count). The zero-order chi connectivity index (χ0) is 22.1. The highest BCUT2D eigenvalue weighted by Crippen LogP contribution is 2.17. The van der Waals surface area contributed by atoms with E-state index >= 15 is 0 Å². The number of anilines is 2. The molecule has 0 atom stereocenters. The molecule has 0 heterocycles. The SMILES string of the molecule is CCN(CC(=O)Nc1cccc(OC)c1)Cc1ccc(C(=O)Nc2ccccc2)cc1. The molecule has 0 aliphatic carbocycles. The smallest absolute Gasteiger partial charge is 0.255 e. The number of carbonyl (C=O) groups excluding carboxylic acids is 2. The molecule has 0 aromatic heterocycles. The quantitative estimate of drug-likeness (QED) is 0.541. The minimum absolute atomic E-state index is 0.0889. The topological polar surface area (TPSA) is 70.7 Å². The number of rotatable bonds is 9. The van der Waals surface area contributed by atoms with Gasteiger partial charge in [-0.15, -0.1) is 0 Å². The standard InChI is InChI=1S/C25H27N3O3/c1-3-28(18-24(29)26-22-10-7-11-23(16-22)31-2)17-19-12-14-20(15-13-19)25(30)27-21-8-5-4-6-9-21/h4-16H,3,17-18H2,1-2H3,(H,26,29)(H,27,30). The molecular formula is C25H27N3O3. The summed E-state index contributed by atoms with van der Waals surface area (Å²) < 4.78 is 5.19. The van der Waals surface area contributed by atoms with Crippen LogP contribution >= 0.6 is 0 Å². The van der Waals surface area contributed by atoms with Gasteiger partial charge in [0.1, 0.15) is 5.75 Å². The highest BCUT2D eigenvalue weighted by molar-refractivity contribution is 6.04. The molecule has 0 saturated heterocycles. The van der Waals surface area contributed by atoms with Gasteiger partial charge in [0.2, 0.25) is 5.91 Å². The molecule has 0 aliphatic heterocycles. The van der Waals surface area contributed by atoms with Crippen LogP contribution in [-0.2, 0) is 11.3 Å². The predicted octanol–water partition coefficient (Wildman–Crippen LogP) is 4.41. The summed E-state index contributed by atoms with van der Waals surface area (Å²) in [7, 11) is 1.59. The zero-order valence-electron chi connectivity index (χ0n) is 17.8. The van der Waals surface area contributed by atoms with Crippen LogP contribution in [0.15, 0.2) is 78.9 Å². The molecule has 3 aromatic carbocycles. The highest BCUT2D eigenvalue weighted by Gasteiger charge is 2.12. The molecule has 2 amide bonds. The minimum Gasteiger partial charge on any atom is -0.497 e. The van der Waals surface area contributed by atoms with E-state index < -0.39 is 0 Å². The Morgan fingerprint density at radius 2 is 1.58 bits per heavy atom. The molecule has 0 spiro atoms. The van der Waals surface area contributed by atoms with Crippen molar-refractivity contribution < 1.29 is 14.3 Å². The van der Waals surface area contributed by atoms with Crippen molar-refractivity contribution in [3.8, 4) is 5.75 Å². The van der Waals surface area contributed by atoms with Crippen molar-refractivity contribution in [3.05, 3.63) is 90.0 Å². The van der Waals surface area contributed by atoms with Crippen LogP contribution in [0.1, 0.15) is 22.8 Å². The number of amides is 2. The summed E-state index contributed by atoms with van der Waals surface area (Å²) in [5.41, 5.74) is 3.09. The summed E-state index contributed by atoms with van der Waals surface area (Å²) in [6, 6.07) is 24.1. The van der Waals surface area contributed by atoms with Gasteiger partial charge in [0, 0.05) is 29.5 Å². The van der Waals surface area contributed by atoms with Crippen molar-refractivity contribution >= 4 is 23.2 Å². The van der Waals surface area contributed by atoms with E-state index in [9.17, 15) is 9.59 Å². The van der Waals surface area contributed by atoms with Crippen LogP contribution < -0.4 is 15.4 Å². The van der Waals surface area contributed by atoms with E-state index in [-0.39, 0.29) is 18.4 Å². The maximum Gasteiger partial charge on any atom is 0.255 e. The largest absolute Gasteiger partial charge is 0.497 e. The first-order valence-corrected chi connectivity index (χ1v) is 10.2. The lowest BCUT2D eigenvalue weighted by Gasteiger charge is -2.20. The lowest BCUT2D eigenvalue weighted by Crippen LogP contribution is -2.32. The molecule has 0 radical (unpaired) electrons. The fourth-order valence-corrected chi connectivity index (χ4v) is 3.13. The summed E-state index contributed by atoms with van der Waals surface area (Å²) in [6.07, 6.45) is 0. The molecule has 3 aromatic rings. The number of methoxy groups -OCH3 is 1. The van der Waals surface area contributed by atoms with Gasteiger partial charge in [-0.25, -0.2) is 0 Å². The van der Waals surface area contributed by atoms with Gasteiger partial charge in [0.05, 0.1) is 13.7 Å². The average Bonchev–Trinajstić information content (AvgIpc) is 2.79. The lowest BCUT2D eigenvalue weighted by molar-refractivity contribution is -0.117. The van der Waals surface area contributed by atoms with Gasteiger partial charge in [-0.1, -0.05) is 43.3 Å². The van der Waals surface area contributed by atoms with Crippen LogP contribution in [0.25, 0.3) is 0 Å². The zero-order valence-corrected chi connectivity index (χ0v) is 17.8. The molecule has 31 heavy (non-hydrogen) atoms. The van der Waals surface area contributed by atoms with E-state index in [1.54, 1.807) is 25.3 Å². The lowest BCUT2D eigenvalue weighted by atomic mass is 10.1. The normalized spacial score (nSPS) is 10.5. The number of benzene rings is 3. The third kappa shape index (κ3) is 6.69. The first-order chi connectivity index (χ1) is 15.1. The fraction of sp³-hybridized carbons (Fsp3) is 0.200. The van der Waals surface area contributed by atoms with E-state index in [0.717, 1.165) is 17.8 Å². The van der Waals surface area contributed by atoms with Gasteiger partial charge in [0.25, 0.3) is 5.91 Å². The van der Waals surface area contributed by atoms with E-state index in [4.69, 9.17) is 4.74 Å². The summed E-state index contributed by atoms with van der Waals surface area (Å²) in [5.74, 6) is 0.457. The number of ether oxygens (including phenoxy) is 1. The van der Waals surface area contributed by atoms with Gasteiger partial charge in [0.15, 0.2) is 0 Å². The predicted molar refractivity (Wildman–Crippen MR) is 123 cm³/mol. The molecule has 2 N–H and O–H groups in total. The third-order valence-electron chi connectivity index (χ3n) is 4.82. The van der Waals surface area contributed by atoms with Crippen LogP contribution in [0, 0.1) is 0 Å². The second-order valence-electron chi connectivity index (χ2n) is 7.10. The van der Waals surface area contributed by atoms with E-state index in [1.807, 2.05) is 72.5 Å². The number of hydrogen-bond acceptors (Lipinski definition) is 4. The maximum absolute atomic E-state index is 12.4. The van der Waals surface area contributed by atoms with E-state index in [0.29, 0.717) is 23.5 Å². The number of nitrogens with one attached hydrogen (secondary N) is 2. The molecular weight excluding hydrogens is 390 g/mol. The first-order valence-electron chi connectivity index (χ1n) is 10.2.